The molecule has 5 rings (SSSR count). The summed E-state index contributed by atoms with van der Waals surface area (Å²) in [5.74, 6) is -4.84. The molecule has 0 bridgehead atoms. The molecule has 200 valence electrons. The zero-order valence-corrected chi connectivity index (χ0v) is 21.4. The van der Waals surface area contributed by atoms with Crippen LogP contribution in [0.3, 0.4) is 0 Å². The van der Waals surface area contributed by atoms with Crippen molar-refractivity contribution in [3.8, 4) is 5.75 Å². The molecular weight excluding hydrogens is 512 g/mol. The topological polar surface area (TPSA) is 67.3 Å². The second-order valence-electron chi connectivity index (χ2n) is 9.31. The fourth-order valence-electron chi connectivity index (χ4n) is 4.62. The Bertz CT molecular complexity index is 1580. The molecule has 0 radical (unpaired) electrons. The number of hydrogen-bond acceptors (Lipinski definition) is 6. The summed E-state index contributed by atoms with van der Waals surface area (Å²) in [7, 11) is 0. The Morgan fingerprint density at radius 1 is 0.974 bits per heavy atom. The standard InChI is InChI=1S/C29H24F4N4O2/c1-15-16(2)34-29(35-20-6-4-19(30)5-7-20)36-27(15)37-13-12-18-14-21(8-9-22(18)17(37)3)39-28(38)23-10-11-24(31)26(33)25(23)32/h4-11,14,17H,12-13H2,1-3H3,(H,34,35,36). The fraction of sp³-hybridized carbons (Fsp3) is 0.207. The number of halogens is 4. The van der Waals surface area contributed by atoms with Crippen LogP contribution in [0.15, 0.2) is 54.6 Å². The Balaban J connectivity index is 1.37. The van der Waals surface area contributed by atoms with Gasteiger partial charge in [0, 0.05) is 23.5 Å². The summed E-state index contributed by atoms with van der Waals surface area (Å²) < 4.78 is 59.3. The van der Waals surface area contributed by atoms with Crippen molar-refractivity contribution in [3.63, 3.8) is 0 Å². The lowest BCUT2D eigenvalue weighted by Crippen LogP contribution is -2.35. The number of aromatic nitrogens is 2. The van der Waals surface area contributed by atoms with Crippen LogP contribution >= 0.6 is 0 Å². The maximum atomic E-state index is 14.0. The van der Waals surface area contributed by atoms with Crippen molar-refractivity contribution in [2.45, 2.75) is 33.2 Å². The van der Waals surface area contributed by atoms with Gasteiger partial charge in [0.25, 0.3) is 0 Å². The first-order chi connectivity index (χ1) is 18.6. The minimum Gasteiger partial charge on any atom is -0.423 e. The number of nitrogens with zero attached hydrogens (tertiary/aromatic N) is 3. The number of nitrogens with one attached hydrogen (secondary N) is 1. The molecule has 1 N–H and O–H groups in total. The SMILES string of the molecule is Cc1nc(Nc2ccc(F)cc2)nc(N2CCc3cc(OC(=O)c4ccc(F)c(F)c4F)ccc3C2C)c1C. The van der Waals surface area contributed by atoms with Crippen molar-refractivity contribution in [1.82, 2.24) is 9.97 Å². The molecule has 4 aromatic rings. The second kappa shape index (κ2) is 10.4. The smallest absolute Gasteiger partial charge is 0.346 e. The number of carbonyl (C=O) groups excluding carboxylic acids is 1. The van der Waals surface area contributed by atoms with Gasteiger partial charge in [-0.2, -0.15) is 4.98 Å². The maximum Gasteiger partial charge on any atom is 0.346 e. The first-order valence-electron chi connectivity index (χ1n) is 12.3. The molecule has 2 heterocycles. The van der Waals surface area contributed by atoms with Gasteiger partial charge in [-0.25, -0.2) is 27.3 Å². The lowest BCUT2D eigenvalue weighted by atomic mass is 9.93. The molecule has 6 nitrogen and oxygen atoms in total. The maximum absolute atomic E-state index is 14.0. The number of aryl methyl sites for hydroxylation is 1. The largest absolute Gasteiger partial charge is 0.423 e. The molecule has 0 saturated carbocycles. The highest BCUT2D eigenvalue weighted by atomic mass is 19.2. The van der Waals surface area contributed by atoms with Gasteiger partial charge in [-0.05, 0) is 86.8 Å². The first-order valence-corrected chi connectivity index (χ1v) is 12.3. The average molecular weight is 537 g/mol. The summed E-state index contributed by atoms with van der Waals surface area (Å²) in [5.41, 5.74) is 3.62. The van der Waals surface area contributed by atoms with Crippen LogP contribution in [0.2, 0.25) is 0 Å². The van der Waals surface area contributed by atoms with Crippen molar-refractivity contribution in [2.24, 2.45) is 0 Å². The van der Waals surface area contributed by atoms with Crippen LogP contribution < -0.4 is 15.0 Å². The number of fused-ring (bicyclic) bond motifs is 1. The molecule has 0 saturated heterocycles. The minimum atomic E-state index is -1.73. The highest BCUT2D eigenvalue weighted by molar-refractivity contribution is 5.91. The number of carbonyl (C=O) groups is 1. The van der Waals surface area contributed by atoms with Crippen LogP contribution in [0.1, 0.15) is 45.7 Å². The monoisotopic (exact) mass is 536 g/mol. The molecule has 0 aliphatic carbocycles. The fourth-order valence-corrected chi connectivity index (χ4v) is 4.62. The van der Waals surface area contributed by atoms with Crippen molar-refractivity contribution >= 4 is 23.4 Å². The zero-order valence-electron chi connectivity index (χ0n) is 21.4. The molecule has 0 spiro atoms. The summed E-state index contributed by atoms with van der Waals surface area (Å²) in [4.78, 5) is 23.9. The van der Waals surface area contributed by atoms with Crippen LogP contribution in [-0.4, -0.2) is 22.5 Å². The quantitative estimate of drug-likeness (QED) is 0.132. The Morgan fingerprint density at radius 2 is 1.72 bits per heavy atom. The Hall–Kier alpha value is -4.47. The predicted octanol–water partition coefficient (Wildman–Crippen LogP) is 6.74. The van der Waals surface area contributed by atoms with Crippen molar-refractivity contribution in [1.29, 1.82) is 0 Å². The third kappa shape index (κ3) is 5.14. The molecule has 3 aromatic carbocycles. The van der Waals surface area contributed by atoms with E-state index in [0.29, 0.717) is 30.7 Å². The lowest BCUT2D eigenvalue weighted by molar-refractivity contribution is 0.0728. The molecule has 39 heavy (non-hydrogen) atoms. The summed E-state index contributed by atoms with van der Waals surface area (Å²) in [6.07, 6.45) is 0.605. The zero-order chi connectivity index (χ0) is 27.8. The Morgan fingerprint density at radius 3 is 2.46 bits per heavy atom. The number of hydrogen-bond donors (Lipinski definition) is 1. The number of ether oxygens (including phenoxy) is 1. The molecule has 1 aromatic heterocycles. The van der Waals surface area contributed by atoms with Gasteiger partial charge in [0.2, 0.25) is 5.95 Å². The molecule has 1 aliphatic heterocycles. The van der Waals surface area contributed by atoms with E-state index in [0.717, 1.165) is 34.3 Å². The highest BCUT2D eigenvalue weighted by Crippen LogP contribution is 2.37. The van der Waals surface area contributed by atoms with Crippen LogP contribution in [0.5, 0.6) is 5.75 Å². The molecule has 0 amide bonds. The third-order valence-corrected chi connectivity index (χ3v) is 6.86. The van der Waals surface area contributed by atoms with Crippen LogP contribution in [0.25, 0.3) is 0 Å². The normalized spacial score (nSPS) is 14.6. The molecular formula is C29H24F4N4O2. The van der Waals surface area contributed by atoms with Crippen LogP contribution in [0, 0.1) is 37.1 Å². The third-order valence-electron chi connectivity index (χ3n) is 6.86. The van der Waals surface area contributed by atoms with E-state index >= 15 is 0 Å². The number of esters is 1. The molecule has 0 fully saturated rings. The van der Waals surface area contributed by atoms with Crippen LogP contribution in [-0.2, 0) is 6.42 Å². The average Bonchev–Trinajstić information content (AvgIpc) is 2.91. The van der Waals surface area contributed by atoms with E-state index in [4.69, 9.17) is 9.72 Å². The first kappa shape index (κ1) is 26.1. The van der Waals surface area contributed by atoms with Crippen molar-refractivity contribution in [3.05, 3.63) is 106 Å². The highest BCUT2D eigenvalue weighted by Gasteiger charge is 2.28. The van der Waals surface area contributed by atoms with Gasteiger partial charge in [0.1, 0.15) is 17.4 Å². The number of anilines is 3. The summed E-state index contributed by atoms with van der Waals surface area (Å²) in [6, 6.07) is 12.5. The van der Waals surface area contributed by atoms with Gasteiger partial charge >= 0.3 is 5.97 Å². The number of benzene rings is 3. The van der Waals surface area contributed by atoms with E-state index in [1.54, 1.807) is 24.3 Å². The van der Waals surface area contributed by atoms with Gasteiger partial charge in [0.15, 0.2) is 17.5 Å². The molecule has 1 aliphatic rings. The van der Waals surface area contributed by atoms with Gasteiger partial charge in [-0.1, -0.05) is 6.07 Å². The van der Waals surface area contributed by atoms with E-state index in [2.05, 4.69) is 15.2 Å². The molecule has 10 heteroatoms. The predicted molar refractivity (Wildman–Crippen MR) is 138 cm³/mol. The van der Waals surface area contributed by atoms with Crippen molar-refractivity contribution < 1.29 is 27.1 Å². The number of rotatable bonds is 5. The summed E-state index contributed by atoms with van der Waals surface area (Å²) in [6.45, 7) is 6.49. The van der Waals surface area contributed by atoms with E-state index in [1.165, 1.54) is 12.1 Å². The van der Waals surface area contributed by atoms with E-state index in [-0.39, 0.29) is 17.6 Å². The van der Waals surface area contributed by atoms with E-state index < -0.39 is 29.0 Å². The van der Waals surface area contributed by atoms with Crippen LogP contribution in [0.4, 0.5) is 35.0 Å². The summed E-state index contributed by atoms with van der Waals surface area (Å²) in [5, 5.41) is 3.13. The van der Waals surface area contributed by atoms with Crippen molar-refractivity contribution in [2.75, 3.05) is 16.8 Å². The molecule has 1 unspecified atom stereocenters. The lowest BCUT2D eigenvalue weighted by Gasteiger charge is -2.37. The van der Waals surface area contributed by atoms with Gasteiger partial charge in [-0.15, -0.1) is 0 Å². The van der Waals surface area contributed by atoms with Gasteiger partial charge in [-0.3, -0.25) is 0 Å². The minimum absolute atomic E-state index is 0.0891. The summed E-state index contributed by atoms with van der Waals surface area (Å²) >= 11 is 0. The Kier molecular flexibility index (Phi) is 6.94. The van der Waals surface area contributed by atoms with E-state index in [1.807, 2.05) is 26.8 Å². The van der Waals surface area contributed by atoms with E-state index in [9.17, 15) is 22.4 Å². The second-order valence-corrected chi connectivity index (χ2v) is 9.31. The Labute approximate surface area is 222 Å². The van der Waals surface area contributed by atoms with Gasteiger partial charge < -0.3 is 15.0 Å². The van der Waals surface area contributed by atoms with Gasteiger partial charge in [0.05, 0.1) is 11.6 Å². The molecule has 1 atom stereocenters.